The molecule has 4 aromatic rings. The molecule has 0 radical (unpaired) electrons. The minimum absolute atomic E-state index is 0.217. The molecule has 134 valence electrons. The second-order valence-electron chi connectivity index (χ2n) is 5.81. The minimum atomic E-state index is -0.348. The van der Waals surface area contributed by atoms with E-state index in [0.717, 1.165) is 21.5 Å². The number of hydrogen-bond donors (Lipinski definition) is 2. The highest BCUT2D eigenvalue weighted by Gasteiger charge is 2.13. The van der Waals surface area contributed by atoms with Crippen molar-refractivity contribution in [3.63, 3.8) is 0 Å². The van der Waals surface area contributed by atoms with Gasteiger partial charge in [0.15, 0.2) is 11.5 Å². The molecule has 0 saturated heterocycles. The molecule has 2 heterocycles. The van der Waals surface area contributed by atoms with Gasteiger partial charge < -0.3 is 5.32 Å². The zero-order valence-corrected chi connectivity index (χ0v) is 15.8. The highest BCUT2D eigenvalue weighted by Crippen LogP contribution is 2.20. The molecule has 8 nitrogen and oxygen atoms in total. The van der Waals surface area contributed by atoms with Gasteiger partial charge in [0.1, 0.15) is 5.82 Å². The molecule has 0 fully saturated rings. The van der Waals surface area contributed by atoms with Crippen LogP contribution >= 0.6 is 15.9 Å². The Morgan fingerprint density at radius 1 is 1.19 bits per heavy atom. The molecule has 0 spiro atoms. The molecule has 27 heavy (non-hydrogen) atoms. The van der Waals surface area contributed by atoms with Crippen molar-refractivity contribution < 1.29 is 4.79 Å². The number of halogens is 1. The second-order valence-corrected chi connectivity index (χ2v) is 6.72. The molecule has 0 saturated carbocycles. The largest absolute Gasteiger partial charge is 0.321 e. The van der Waals surface area contributed by atoms with Gasteiger partial charge in [0, 0.05) is 15.7 Å². The molecule has 0 atom stereocenters. The molecule has 1 amide bonds. The summed E-state index contributed by atoms with van der Waals surface area (Å²) in [4.78, 5) is 16.8. The molecule has 0 unspecified atom stereocenters. The summed E-state index contributed by atoms with van der Waals surface area (Å²) in [6.07, 6.45) is 1.58. The number of nitrogens with one attached hydrogen (secondary N) is 2. The maximum absolute atomic E-state index is 12.5. The predicted octanol–water partition coefficient (Wildman–Crippen LogP) is 3.38. The summed E-state index contributed by atoms with van der Waals surface area (Å²) in [5, 5.41) is 17.7. The Kier molecular flexibility index (Phi) is 4.51. The van der Waals surface area contributed by atoms with E-state index in [1.54, 1.807) is 23.0 Å². The van der Waals surface area contributed by atoms with Crippen molar-refractivity contribution in [3.05, 3.63) is 70.7 Å². The van der Waals surface area contributed by atoms with Crippen molar-refractivity contribution in [2.24, 2.45) is 0 Å². The van der Waals surface area contributed by atoms with Gasteiger partial charge in [0.2, 0.25) is 0 Å². The lowest BCUT2D eigenvalue weighted by Crippen LogP contribution is -2.12. The average molecular weight is 424 g/mol. The number of hydrogen-bond acceptors (Lipinski definition) is 5. The van der Waals surface area contributed by atoms with Crippen LogP contribution in [0.5, 0.6) is 0 Å². The number of H-pyrrole nitrogens is 1. The first-order valence-corrected chi connectivity index (χ1v) is 8.87. The number of benzene rings is 2. The number of rotatable bonds is 4. The molecule has 2 aromatic carbocycles. The molecular weight excluding hydrogens is 410 g/mol. The average Bonchev–Trinajstić information content (AvgIpc) is 3.31. The fraction of sp³-hybridized carbons (Fsp3) is 0.0556. The number of anilines is 1. The summed E-state index contributed by atoms with van der Waals surface area (Å²) in [7, 11) is 0. The maximum Gasteiger partial charge on any atom is 0.277 e. The summed E-state index contributed by atoms with van der Waals surface area (Å²) in [6.45, 7) is 1.83. The lowest BCUT2D eigenvalue weighted by Gasteiger charge is -2.04. The topological polar surface area (TPSA) is 101 Å². The fourth-order valence-electron chi connectivity index (χ4n) is 2.52. The van der Waals surface area contributed by atoms with Crippen LogP contribution in [0, 0.1) is 6.92 Å². The van der Waals surface area contributed by atoms with Crippen molar-refractivity contribution in [1.29, 1.82) is 0 Å². The van der Waals surface area contributed by atoms with E-state index in [4.69, 9.17) is 0 Å². The molecule has 2 aromatic heterocycles. The van der Waals surface area contributed by atoms with E-state index in [2.05, 4.69) is 46.7 Å². The van der Waals surface area contributed by atoms with E-state index < -0.39 is 0 Å². The number of aryl methyl sites for hydroxylation is 1. The van der Waals surface area contributed by atoms with Crippen LogP contribution in [0.25, 0.3) is 17.1 Å². The monoisotopic (exact) mass is 423 g/mol. The number of aromatic amines is 1. The zero-order chi connectivity index (χ0) is 18.8. The minimum Gasteiger partial charge on any atom is -0.321 e. The van der Waals surface area contributed by atoms with Crippen molar-refractivity contribution in [2.75, 3.05) is 5.32 Å². The Morgan fingerprint density at radius 3 is 2.81 bits per heavy atom. The quantitative estimate of drug-likeness (QED) is 0.523. The molecule has 0 aliphatic heterocycles. The number of nitrogens with zero attached hydrogens (tertiary/aromatic N) is 5. The van der Waals surface area contributed by atoms with Gasteiger partial charge in [0.05, 0.1) is 11.9 Å². The molecule has 0 bridgehead atoms. The van der Waals surface area contributed by atoms with Crippen LogP contribution in [0.4, 0.5) is 5.69 Å². The molecule has 9 heteroatoms. The highest BCUT2D eigenvalue weighted by molar-refractivity contribution is 9.10. The van der Waals surface area contributed by atoms with Gasteiger partial charge in [-0.05, 0) is 37.3 Å². The molecule has 0 aliphatic carbocycles. The number of amides is 1. The first-order valence-electron chi connectivity index (χ1n) is 8.07. The van der Waals surface area contributed by atoms with Crippen LogP contribution in [0.3, 0.4) is 0 Å². The number of aromatic nitrogens is 6. The van der Waals surface area contributed by atoms with Crippen molar-refractivity contribution >= 4 is 27.5 Å². The number of carbonyl (C=O) groups excluding carboxylic acids is 1. The van der Waals surface area contributed by atoms with Crippen LogP contribution < -0.4 is 5.32 Å². The maximum atomic E-state index is 12.5. The summed E-state index contributed by atoms with van der Waals surface area (Å²) in [6, 6.07) is 14.9. The van der Waals surface area contributed by atoms with E-state index in [-0.39, 0.29) is 11.6 Å². The van der Waals surface area contributed by atoms with E-state index >= 15 is 0 Å². The Bertz CT molecular complexity index is 1120. The van der Waals surface area contributed by atoms with Gasteiger partial charge in [-0.2, -0.15) is 5.10 Å². The van der Waals surface area contributed by atoms with Crippen LogP contribution in [-0.4, -0.2) is 36.1 Å². The van der Waals surface area contributed by atoms with Gasteiger partial charge in [-0.1, -0.05) is 39.3 Å². The molecule has 2 N–H and O–H groups in total. The normalized spacial score (nSPS) is 10.7. The fourth-order valence-corrected chi connectivity index (χ4v) is 2.90. The third-order valence-corrected chi connectivity index (χ3v) is 4.27. The molecular formula is C18H14BrN7O. The molecule has 0 aliphatic rings. The van der Waals surface area contributed by atoms with Gasteiger partial charge >= 0.3 is 0 Å². The van der Waals surface area contributed by atoms with Gasteiger partial charge in [-0.15, -0.1) is 5.10 Å². The standard InChI is InChI=1S/C18H14BrN7O/c1-11-20-17(24-22-11)12-4-2-6-14(8-12)21-18(27)16-10-26(25-23-16)15-7-3-5-13(19)9-15/h2-10H,1H3,(H,21,27)(H,20,22,24). The van der Waals surface area contributed by atoms with Crippen molar-refractivity contribution in [3.8, 4) is 17.1 Å². The van der Waals surface area contributed by atoms with Crippen LogP contribution in [0.15, 0.2) is 59.2 Å². The van der Waals surface area contributed by atoms with Gasteiger partial charge in [-0.3, -0.25) is 9.89 Å². The van der Waals surface area contributed by atoms with E-state index in [1.165, 1.54) is 0 Å². The van der Waals surface area contributed by atoms with Crippen LogP contribution in [0.1, 0.15) is 16.3 Å². The number of carbonyl (C=O) groups is 1. The summed E-state index contributed by atoms with van der Waals surface area (Å²) in [5.41, 5.74) is 2.44. The van der Waals surface area contributed by atoms with Gasteiger partial charge in [-0.25, -0.2) is 9.67 Å². The Morgan fingerprint density at radius 2 is 2.04 bits per heavy atom. The SMILES string of the molecule is Cc1nc(-c2cccc(NC(=O)c3cn(-c4cccc(Br)c4)nn3)c2)n[nH]1. The van der Waals surface area contributed by atoms with E-state index in [0.29, 0.717) is 11.5 Å². The third kappa shape index (κ3) is 3.77. The predicted molar refractivity (Wildman–Crippen MR) is 104 cm³/mol. The second kappa shape index (κ2) is 7.12. The van der Waals surface area contributed by atoms with Crippen molar-refractivity contribution in [1.82, 2.24) is 30.2 Å². The Hall–Kier alpha value is -3.33. The zero-order valence-electron chi connectivity index (χ0n) is 14.2. The van der Waals surface area contributed by atoms with E-state index in [9.17, 15) is 4.79 Å². The Labute approximate surface area is 162 Å². The highest BCUT2D eigenvalue weighted by atomic mass is 79.9. The summed E-state index contributed by atoms with van der Waals surface area (Å²) in [5.74, 6) is 0.951. The van der Waals surface area contributed by atoms with Gasteiger partial charge in [0.25, 0.3) is 5.91 Å². The van der Waals surface area contributed by atoms with E-state index in [1.807, 2.05) is 43.3 Å². The summed E-state index contributed by atoms with van der Waals surface area (Å²) >= 11 is 3.41. The Balaban J connectivity index is 1.53. The molecule has 4 rings (SSSR count). The van der Waals surface area contributed by atoms with Crippen molar-refractivity contribution in [2.45, 2.75) is 6.92 Å². The van der Waals surface area contributed by atoms with Crippen LogP contribution in [-0.2, 0) is 0 Å². The lowest BCUT2D eigenvalue weighted by atomic mass is 10.2. The third-order valence-electron chi connectivity index (χ3n) is 3.77. The lowest BCUT2D eigenvalue weighted by molar-refractivity contribution is 0.102. The smallest absolute Gasteiger partial charge is 0.277 e. The van der Waals surface area contributed by atoms with Crippen LogP contribution in [0.2, 0.25) is 0 Å². The first-order chi connectivity index (χ1) is 13.1. The first kappa shape index (κ1) is 17.1. The summed E-state index contributed by atoms with van der Waals surface area (Å²) < 4.78 is 2.47.